The lowest BCUT2D eigenvalue weighted by Gasteiger charge is -2.01. The molecule has 0 radical (unpaired) electrons. The highest BCUT2D eigenvalue weighted by Crippen LogP contribution is 2.35. The minimum atomic E-state index is -0.589. The molecule has 0 saturated heterocycles. The van der Waals surface area contributed by atoms with Gasteiger partial charge in [-0.25, -0.2) is 8.78 Å². The van der Waals surface area contributed by atoms with Crippen LogP contribution in [0.3, 0.4) is 0 Å². The molecule has 1 heterocycles. The lowest BCUT2D eigenvalue weighted by molar-refractivity contribution is -0.110. The minimum absolute atomic E-state index is 0.0259. The third-order valence-corrected chi connectivity index (χ3v) is 3.26. The van der Waals surface area contributed by atoms with Crippen LogP contribution in [0.5, 0.6) is 0 Å². The number of anilines is 1. The van der Waals surface area contributed by atoms with E-state index in [1.165, 1.54) is 6.08 Å². The highest BCUT2D eigenvalue weighted by molar-refractivity contribution is 6.36. The molecule has 2 aromatic carbocycles. The highest BCUT2D eigenvalue weighted by Gasteiger charge is 2.24. The van der Waals surface area contributed by atoms with Crippen LogP contribution in [0.15, 0.2) is 36.4 Å². The number of carbonyl (C=O) groups is 1. The van der Waals surface area contributed by atoms with Gasteiger partial charge in [0.2, 0.25) is 0 Å². The van der Waals surface area contributed by atoms with E-state index in [-0.39, 0.29) is 17.0 Å². The number of nitrogens with one attached hydrogen (secondary N) is 1. The molecule has 0 aliphatic carbocycles. The van der Waals surface area contributed by atoms with Crippen molar-refractivity contribution < 1.29 is 13.6 Å². The van der Waals surface area contributed by atoms with Crippen molar-refractivity contribution in [3.05, 3.63) is 64.2 Å². The van der Waals surface area contributed by atoms with Gasteiger partial charge >= 0.3 is 0 Å². The molecule has 100 valence electrons. The van der Waals surface area contributed by atoms with Crippen LogP contribution in [0.4, 0.5) is 14.5 Å². The Labute approximate surface area is 118 Å². The molecular formula is C15H8ClF2NO. The predicted molar refractivity (Wildman–Crippen MR) is 74.3 cm³/mol. The van der Waals surface area contributed by atoms with Gasteiger partial charge in [-0.05, 0) is 36.4 Å². The predicted octanol–water partition coefficient (Wildman–Crippen LogP) is 4.11. The quantitative estimate of drug-likeness (QED) is 0.787. The Morgan fingerprint density at radius 3 is 2.70 bits per heavy atom. The van der Waals surface area contributed by atoms with Crippen LogP contribution in [0.1, 0.15) is 11.1 Å². The second-order valence-electron chi connectivity index (χ2n) is 4.37. The number of carbonyl (C=O) groups excluding carboxylic acids is 1. The number of fused-ring (bicyclic) bond motifs is 1. The van der Waals surface area contributed by atoms with Crippen molar-refractivity contribution in [2.24, 2.45) is 0 Å². The first-order valence-corrected chi connectivity index (χ1v) is 6.20. The number of amides is 1. The molecule has 0 aromatic heterocycles. The first-order valence-electron chi connectivity index (χ1n) is 5.82. The summed E-state index contributed by atoms with van der Waals surface area (Å²) >= 11 is 5.84. The summed E-state index contributed by atoms with van der Waals surface area (Å²) in [6.45, 7) is 0. The Hall–Kier alpha value is -2.20. The lowest BCUT2D eigenvalue weighted by Crippen LogP contribution is -2.03. The van der Waals surface area contributed by atoms with Crippen molar-refractivity contribution in [3.8, 4) is 0 Å². The van der Waals surface area contributed by atoms with Gasteiger partial charge in [-0.2, -0.15) is 0 Å². The number of hydrogen-bond donors (Lipinski definition) is 1. The van der Waals surface area contributed by atoms with E-state index < -0.39 is 11.6 Å². The van der Waals surface area contributed by atoms with E-state index in [2.05, 4.69) is 5.32 Å². The van der Waals surface area contributed by atoms with E-state index in [0.29, 0.717) is 16.3 Å². The average molecular weight is 292 g/mol. The molecule has 2 nitrogen and oxygen atoms in total. The molecule has 0 saturated carbocycles. The molecule has 0 unspecified atom stereocenters. The normalized spacial score (nSPS) is 15.3. The van der Waals surface area contributed by atoms with Crippen LogP contribution in [0.2, 0.25) is 5.02 Å². The SMILES string of the molecule is O=C1Nc2cc(Cl)ccc2C1=Cc1cc(F)ccc1F. The molecule has 0 spiro atoms. The van der Waals surface area contributed by atoms with Crippen LogP contribution in [-0.2, 0) is 4.79 Å². The Kier molecular flexibility index (Phi) is 3.03. The minimum Gasteiger partial charge on any atom is -0.321 e. The van der Waals surface area contributed by atoms with Crippen molar-refractivity contribution in [3.63, 3.8) is 0 Å². The maximum Gasteiger partial charge on any atom is 0.256 e. The van der Waals surface area contributed by atoms with Crippen molar-refractivity contribution in [1.82, 2.24) is 0 Å². The number of rotatable bonds is 1. The summed E-state index contributed by atoms with van der Waals surface area (Å²) in [5.74, 6) is -1.52. The Balaban J connectivity index is 2.13. The molecule has 0 fully saturated rings. The maximum atomic E-state index is 13.6. The highest BCUT2D eigenvalue weighted by atomic mass is 35.5. The summed E-state index contributed by atoms with van der Waals surface area (Å²) in [6.07, 6.45) is 1.33. The fraction of sp³-hybridized carbons (Fsp3) is 0. The van der Waals surface area contributed by atoms with Gasteiger partial charge in [0, 0.05) is 21.7 Å². The molecule has 1 amide bonds. The largest absolute Gasteiger partial charge is 0.321 e. The first kappa shape index (κ1) is 12.8. The van der Waals surface area contributed by atoms with Crippen molar-refractivity contribution in [2.45, 2.75) is 0 Å². The van der Waals surface area contributed by atoms with Crippen LogP contribution >= 0.6 is 11.6 Å². The fourth-order valence-electron chi connectivity index (χ4n) is 2.09. The molecule has 0 bridgehead atoms. The third kappa shape index (κ3) is 2.18. The zero-order valence-corrected chi connectivity index (χ0v) is 10.8. The Morgan fingerprint density at radius 2 is 1.90 bits per heavy atom. The van der Waals surface area contributed by atoms with E-state index in [1.807, 2.05) is 0 Å². The summed E-state index contributed by atoms with van der Waals surface area (Å²) in [4.78, 5) is 11.9. The van der Waals surface area contributed by atoms with Crippen molar-refractivity contribution >= 4 is 34.8 Å². The molecule has 0 atom stereocenters. The van der Waals surface area contributed by atoms with Gasteiger partial charge in [0.05, 0.1) is 5.69 Å². The second kappa shape index (κ2) is 4.72. The maximum absolute atomic E-state index is 13.6. The summed E-state index contributed by atoms with van der Waals surface area (Å²) in [6, 6.07) is 8.01. The van der Waals surface area contributed by atoms with Crippen LogP contribution in [0.25, 0.3) is 11.6 Å². The molecule has 1 aliphatic heterocycles. The summed E-state index contributed by atoms with van der Waals surface area (Å²) in [7, 11) is 0. The van der Waals surface area contributed by atoms with Gasteiger partial charge in [-0.3, -0.25) is 4.79 Å². The zero-order chi connectivity index (χ0) is 14.3. The van der Waals surface area contributed by atoms with Gasteiger partial charge in [-0.15, -0.1) is 0 Å². The number of benzene rings is 2. The van der Waals surface area contributed by atoms with Gasteiger partial charge < -0.3 is 5.32 Å². The third-order valence-electron chi connectivity index (χ3n) is 3.02. The van der Waals surface area contributed by atoms with Crippen LogP contribution < -0.4 is 5.32 Å². The Bertz CT molecular complexity index is 756. The monoisotopic (exact) mass is 291 g/mol. The summed E-state index contributed by atoms with van der Waals surface area (Å²) in [5, 5.41) is 3.12. The van der Waals surface area contributed by atoms with Gasteiger partial charge in [0.25, 0.3) is 5.91 Å². The smallest absolute Gasteiger partial charge is 0.256 e. The molecule has 20 heavy (non-hydrogen) atoms. The molecule has 2 aromatic rings. The van der Waals surface area contributed by atoms with E-state index in [9.17, 15) is 13.6 Å². The van der Waals surface area contributed by atoms with Gasteiger partial charge in [-0.1, -0.05) is 17.7 Å². The lowest BCUT2D eigenvalue weighted by atomic mass is 10.0. The number of hydrogen-bond acceptors (Lipinski definition) is 1. The first-order chi connectivity index (χ1) is 9.54. The average Bonchev–Trinajstić information content (AvgIpc) is 2.69. The molecule has 5 heteroatoms. The van der Waals surface area contributed by atoms with Crippen molar-refractivity contribution in [2.75, 3.05) is 5.32 Å². The number of halogens is 3. The topological polar surface area (TPSA) is 29.1 Å². The van der Waals surface area contributed by atoms with Crippen LogP contribution in [0, 0.1) is 11.6 Å². The van der Waals surface area contributed by atoms with Crippen molar-refractivity contribution in [1.29, 1.82) is 0 Å². The van der Waals surface area contributed by atoms with E-state index in [1.54, 1.807) is 18.2 Å². The van der Waals surface area contributed by atoms with Crippen LogP contribution in [-0.4, -0.2) is 5.91 Å². The van der Waals surface area contributed by atoms with Gasteiger partial charge in [0.15, 0.2) is 0 Å². The van der Waals surface area contributed by atoms with Gasteiger partial charge in [0.1, 0.15) is 11.6 Å². The van der Waals surface area contributed by atoms with E-state index in [0.717, 1.165) is 18.2 Å². The zero-order valence-electron chi connectivity index (χ0n) is 10.1. The molecular weight excluding hydrogens is 284 g/mol. The second-order valence-corrected chi connectivity index (χ2v) is 4.80. The molecule has 1 aliphatic rings. The van der Waals surface area contributed by atoms with E-state index >= 15 is 0 Å². The fourth-order valence-corrected chi connectivity index (χ4v) is 2.26. The Morgan fingerprint density at radius 1 is 1.10 bits per heavy atom. The summed E-state index contributed by atoms with van der Waals surface area (Å²) in [5.41, 5.74) is 1.48. The van der Waals surface area contributed by atoms with E-state index in [4.69, 9.17) is 11.6 Å². The summed E-state index contributed by atoms with van der Waals surface area (Å²) < 4.78 is 26.8. The molecule has 3 rings (SSSR count). The molecule has 1 N–H and O–H groups in total. The standard InChI is InChI=1S/C15H8ClF2NO/c16-9-1-3-11-12(15(20)19-14(11)7-9)6-8-5-10(17)2-4-13(8)18/h1-7H,(H,19,20).